The highest BCUT2D eigenvalue weighted by Crippen LogP contribution is 2.42. The van der Waals surface area contributed by atoms with Crippen LogP contribution in [-0.2, 0) is 0 Å². The Hall–Kier alpha value is 0.500. The predicted octanol–water partition coefficient (Wildman–Crippen LogP) is 1.13. The number of nitrogens with two attached hydrogens (primary N) is 1. The van der Waals surface area contributed by atoms with E-state index in [0.29, 0.717) is 6.04 Å². The molecule has 0 aromatic rings. The fraction of sp³-hybridized carbons (Fsp3) is 1.00. The molecule has 3 saturated heterocycles. The van der Waals surface area contributed by atoms with Gasteiger partial charge < -0.3 is 10.6 Å². The second-order valence-electron chi connectivity index (χ2n) is 4.65. The van der Waals surface area contributed by atoms with E-state index in [0.717, 1.165) is 17.8 Å². The van der Waals surface area contributed by atoms with E-state index in [2.05, 4.69) is 4.90 Å². The van der Waals surface area contributed by atoms with Crippen molar-refractivity contribution >= 4 is 24.8 Å². The SMILES string of the molecule is Cl.Cl.NC1C2CC3CC1CN(C3)C2. The Morgan fingerprint density at radius 3 is 1.92 bits per heavy atom. The van der Waals surface area contributed by atoms with E-state index in [4.69, 9.17) is 5.73 Å². The van der Waals surface area contributed by atoms with Crippen molar-refractivity contribution in [2.24, 2.45) is 23.5 Å². The van der Waals surface area contributed by atoms with Gasteiger partial charge in [-0.2, -0.15) is 0 Å². The number of nitrogens with zero attached hydrogens (tertiary/aromatic N) is 1. The largest absolute Gasteiger partial charge is 0.327 e. The zero-order valence-corrected chi connectivity index (χ0v) is 9.32. The number of rotatable bonds is 0. The molecule has 0 spiro atoms. The Morgan fingerprint density at radius 2 is 1.46 bits per heavy atom. The fourth-order valence-corrected chi connectivity index (χ4v) is 3.45. The number of halogens is 2. The first kappa shape index (κ1) is 11.6. The maximum atomic E-state index is 6.14. The molecule has 4 bridgehead atoms. The lowest BCUT2D eigenvalue weighted by atomic mass is 9.65. The van der Waals surface area contributed by atoms with Crippen molar-refractivity contribution in [3.05, 3.63) is 0 Å². The van der Waals surface area contributed by atoms with Crippen LogP contribution in [0.1, 0.15) is 12.8 Å². The molecule has 4 rings (SSSR count). The maximum Gasteiger partial charge on any atom is 0.0120 e. The molecule has 2 atom stereocenters. The van der Waals surface area contributed by atoms with Crippen LogP contribution < -0.4 is 5.73 Å². The summed E-state index contributed by atoms with van der Waals surface area (Å²) < 4.78 is 0. The van der Waals surface area contributed by atoms with Crippen molar-refractivity contribution in [1.29, 1.82) is 0 Å². The molecule has 4 fully saturated rings. The first-order valence-corrected chi connectivity index (χ1v) is 4.81. The summed E-state index contributed by atoms with van der Waals surface area (Å²) in [6.07, 6.45) is 2.85. The third-order valence-electron chi connectivity index (χ3n) is 3.86. The molecule has 1 saturated carbocycles. The molecule has 3 heterocycles. The van der Waals surface area contributed by atoms with Crippen LogP contribution in [0.2, 0.25) is 0 Å². The Bertz CT molecular complexity index is 158. The lowest BCUT2D eigenvalue weighted by Crippen LogP contribution is -2.62. The summed E-state index contributed by atoms with van der Waals surface area (Å²) in [6.45, 7) is 3.97. The van der Waals surface area contributed by atoms with Gasteiger partial charge >= 0.3 is 0 Å². The molecule has 0 aromatic heterocycles. The predicted molar refractivity (Wildman–Crippen MR) is 58.6 cm³/mol. The monoisotopic (exact) mass is 224 g/mol. The molecular formula is C9H18Cl2N2. The van der Waals surface area contributed by atoms with Crippen LogP contribution in [0.25, 0.3) is 0 Å². The van der Waals surface area contributed by atoms with Crippen molar-refractivity contribution in [1.82, 2.24) is 4.90 Å². The molecule has 0 radical (unpaired) electrons. The average molecular weight is 225 g/mol. The molecule has 3 aliphatic heterocycles. The Labute approximate surface area is 92.0 Å². The van der Waals surface area contributed by atoms with Gasteiger partial charge in [-0.15, -0.1) is 24.8 Å². The molecule has 4 aliphatic rings. The zero-order chi connectivity index (χ0) is 7.42. The minimum atomic E-state index is 0. The Kier molecular flexibility index (Phi) is 3.50. The van der Waals surface area contributed by atoms with E-state index in [1.54, 1.807) is 0 Å². The highest BCUT2D eigenvalue weighted by atomic mass is 35.5. The molecule has 0 aromatic carbocycles. The van der Waals surface area contributed by atoms with E-state index in [1.807, 2.05) is 0 Å². The number of piperidine rings is 3. The normalized spacial score (nSPS) is 51.0. The van der Waals surface area contributed by atoms with E-state index in [1.165, 1.54) is 32.5 Å². The van der Waals surface area contributed by atoms with Crippen molar-refractivity contribution in [2.75, 3.05) is 19.6 Å². The van der Waals surface area contributed by atoms with Gasteiger partial charge in [-0.05, 0) is 30.6 Å². The standard InChI is InChI=1S/C9H16N2.2ClH/c10-9-7-1-6-2-8(9)5-11(3-6)4-7;;/h6-9H,1-5,10H2;2*1H. The lowest BCUT2D eigenvalue weighted by Gasteiger charge is -2.54. The van der Waals surface area contributed by atoms with Crippen LogP contribution in [0.15, 0.2) is 0 Å². The molecule has 13 heavy (non-hydrogen) atoms. The molecular weight excluding hydrogens is 207 g/mol. The highest BCUT2D eigenvalue weighted by molar-refractivity contribution is 5.85. The van der Waals surface area contributed by atoms with Gasteiger partial charge in [-0.25, -0.2) is 0 Å². The van der Waals surface area contributed by atoms with Crippen molar-refractivity contribution in [3.8, 4) is 0 Å². The van der Waals surface area contributed by atoms with Crippen LogP contribution >= 0.6 is 24.8 Å². The van der Waals surface area contributed by atoms with Gasteiger partial charge in [0.1, 0.15) is 0 Å². The van der Waals surface area contributed by atoms with Crippen molar-refractivity contribution < 1.29 is 0 Å². The van der Waals surface area contributed by atoms with Crippen molar-refractivity contribution in [2.45, 2.75) is 18.9 Å². The van der Waals surface area contributed by atoms with Gasteiger partial charge in [0.15, 0.2) is 0 Å². The van der Waals surface area contributed by atoms with Gasteiger partial charge in [0, 0.05) is 25.7 Å². The quantitative estimate of drug-likeness (QED) is 0.669. The third-order valence-corrected chi connectivity index (χ3v) is 3.86. The second-order valence-corrected chi connectivity index (χ2v) is 4.65. The van der Waals surface area contributed by atoms with E-state index in [9.17, 15) is 0 Å². The molecule has 78 valence electrons. The molecule has 2 N–H and O–H groups in total. The number of hydrogen-bond acceptors (Lipinski definition) is 2. The van der Waals surface area contributed by atoms with Crippen LogP contribution in [0.3, 0.4) is 0 Å². The van der Waals surface area contributed by atoms with Crippen LogP contribution in [0, 0.1) is 17.8 Å². The Morgan fingerprint density at radius 1 is 0.923 bits per heavy atom. The van der Waals surface area contributed by atoms with Gasteiger partial charge in [-0.3, -0.25) is 0 Å². The number of hydrogen-bond donors (Lipinski definition) is 1. The smallest absolute Gasteiger partial charge is 0.0120 e. The highest BCUT2D eigenvalue weighted by Gasteiger charge is 2.45. The van der Waals surface area contributed by atoms with E-state index < -0.39 is 0 Å². The van der Waals surface area contributed by atoms with Gasteiger partial charge in [-0.1, -0.05) is 0 Å². The fourth-order valence-electron chi connectivity index (χ4n) is 3.45. The minimum Gasteiger partial charge on any atom is -0.327 e. The summed E-state index contributed by atoms with van der Waals surface area (Å²) in [5.41, 5.74) is 6.14. The van der Waals surface area contributed by atoms with E-state index >= 15 is 0 Å². The van der Waals surface area contributed by atoms with Gasteiger partial charge in [0.25, 0.3) is 0 Å². The zero-order valence-electron chi connectivity index (χ0n) is 7.69. The van der Waals surface area contributed by atoms with Gasteiger partial charge in [0.05, 0.1) is 0 Å². The average Bonchev–Trinajstić information content (AvgIpc) is 1.98. The summed E-state index contributed by atoms with van der Waals surface area (Å²) in [5, 5.41) is 0. The maximum absolute atomic E-state index is 6.14. The first-order chi connectivity index (χ1) is 5.33. The molecule has 1 aliphatic carbocycles. The van der Waals surface area contributed by atoms with Gasteiger partial charge in [0.2, 0.25) is 0 Å². The molecule has 4 heteroatoms. The third kappa shape index (κ3) is 1.70. The van der Waals surface area contributed by atoms with Crippen LogP contribution in [0.5, 0.6) is 0 Å². The van der Waals surface area contributed by atoms with E-state index in [-0.39, 0.29) is 24.8 Å². The summed E-state index contributed by atoms with van der Waals surface area (Å²) in [5.74, 6) is 2.70. The van der Waals surface area contributed by atoms with Crippen LogP contribution in [0.4, 0.5) is 0 Å². The first-order valence-electron chi connectivity index (χ1n) is 4.81. The summed E-state index contributed by atoms with van der Waals surface area (Å²) >= 11 is 0. The molecule has 2 nitrogen and oxygen atoms in total. The molecule has 0 amide bonds. The summed E-state index contributed by atoms with van der Waals surface area (Å²) in [4.78, 5) is 2.62. The minimum absolute atomic E-state index is 0. The van der Waals surface area contributed by atoms with Crippen LogP contribution in [-0.4, -0.2) is 30.6 Å². The Balaban J connectivity index is 0.000000422. The molecule has 2 unspecified atom stereocenters. The summed E-state index contributed by atoms with van der Waals surface area (Å²) in [6, 6.07) is 0.544. The van der Waals surface area contributed by atoms with Crippen molar-refractivity contribution in [3.63, 3.8) is 0 Å². The topological polar surface area (TPSA) is 29.3 Å². The lowest BCUT2D eigenvalue weighted by molar-refractivity contribution is -0.0328. The second kappa shape index (κ2) is 3.93. The summed E-state index contributed by atoms with van der Waals surface area (Å²) in [7, 11) is 0.